The summed E-state index contributed by atoms with van der Waals surface area (Å²) in [6.45, 7) is 2.04. The van der Waals surface area contributed by atoms with E-state index in [1.165, 1.54) is 10.5 Å². The van der Waals surface area contributed by atoms with Crippen molar-refractivity contribution in [2.75, 3.05) is 5.73 Å². The first-order valence-electron chi connectivity index (χ1n) is 6.18. The summed E-state index contributed by atoms with van der Waals surface area (Å²) >= 11 is 5.21. The van der Waals surface area contributed by atoms with Crippen LogP contribution in [-0.4, -0.2) is 4.98 Å². The summed E-state index contributed by atoms with van der Waals surface area (Å²) in [4.78, 5) is 5.93. The number of thioether (sulfide) groups is 1. The summed E-state index contributed by atoms with van der Waals surface area (Å²) in [6.07, 6.45) is 0. The Morgan fingerprint density at radius 2 is 2.15 bits per heavy atom. The fraction of sp³-hybridized carbons (Fsp3) is 0.133. The van der Waals surface area contributed by atoms with Gasteiger partial charge >= 0.3 is 0 Å². The Balaban J connectivity index is 1.68. The number of hydrogen-bond donors (Lipinski definition) is 1. The molecule has 0 aliphatic rings. The van der Waals surface area contributed by atoms with Gasteiger partial charge < -0.3 is 5.73 Å². The van der Waals surface area contributed by atoms with Gasteiger partial charge in [-0.3, -0.25) is 0 Å². The van der Waals surface area contributed by atoms with Crippen LogP contribution in [0, 0.1) is 6.92 Å². The van der Waals surface area contributed by atoms with Crippen molar-refractivity contribution in [1.82, 2.24) is 4.98 Å². The highest BCUT2D eigenvalue weighted by Crippen LogP contribution is 2.29. The van der Waals surface area contributed by atoms with Crippen molar-refractivity contribution >= 4 is 40.1 Å². The molecular formula is C15H14N2S3. The van der Waals surface area contributed by atoms with Crippen LogP contribution in [0.25, 0.3) is 10.6 Å². The summed E-state index contributed by atoms with van der Waals surface area (Å²) in [5.41, 5.74) is 10.2. The molecule has 0 spiro atoms. The molecule has 3 rings (SSSR count). The highest BCUT2D eigenvalue weighted by atomic mass is 32.2. The number of anilines is 1. The summed E-state index contributed by atoms with van der Waals surface area (Å²) in [7, 11) is 0. The van der Waals surface area contributed by atoms with Gasteiger partial charge in [0.2, 0.25) is 0 Å². The average Bonchev–Trinajstić information content (AvgIpc) is 3.09. The van der Waals surface area contributed by atoms with E-state index in [1.807, 2.05) is 13.0 Å². The lowest BCUT2D eigenvalue weighted by Gasteiger charge is -2.03. The van der Waals surface area contributed by atoms with Gasteiger partial charge in [0.05, 0.1) is 5.69 Å². The Kier molecular flexibility index (Phi) is 4.10. The summed E-state index contributed by atoms with van der Waals surface area (Å²) in [5.74, 6) is 0.893. The summed E-state index contributed by atoms with van der Waals surface area (Å²) < 4.78 is 0. The number of benzene rings is 1. The van der Waals surface area contributed by atoms with Crippen molar-refractivity contribution in [2.24, 2.45) is 0 Å². The van der Waals surface area contributed by atoms with Crippen molar-refractivity contribution in [3.05, 3.63) is 51.7 Å². The SMILES string of the molecule is Cc1cc(SCc2csc(-c3ccsc3)n2)ccc1N. The monoisotopic (exact) mass is 318 g/mol. The Bertz CT molecular complexity index is 702. The minimum absolute atomic E-state index is 0.850. The van der Waals surface area contributed by atoms with Crippen molar-refractivity contribution in [3.63, 3.8) is 0 Å². The van der Waals surface area contributed by atoms with Gasteiger partial charge in [-0.05, 0) is 42.1 Å². The third-order valence-corrected chi connectivity index (χ3v) is 5.60. The molecule has 0 saturated carbocycles. The molecule has 0 aliphatic carbocycles. The van der Waals surface area contributed by atoms with Gasteiger partial charge in [-0.15, -0.1) is 23.1 Å². The second-order valence-electron chi connectivity index (χ2n) is 4.46. The number of thiophene rings is 1. The van der Waals surface area contributed by atoms with E-state index in [2.05, 4.69) is 39.3 Å². The molecule has 0 unspecified atom stereocenters. The van der Waals surface area contributed by atoms with E-state index in [-0.39, 0.29) is 0 Å². The Hall–Kier alpha value is -1.30. The van der Waals surface area contributed by atoms with E-state index >= 15 is 0 Å². The number of hydrogen-bond acceptors (Lipinski definition) is 5. The smallest absolute Gasteiger partial charge is 0.124 e. The number of rotatable bonds is 4. The molecule has 5 heteroatoms. The van der Waals surface area contributed by atoms with E-state index in [9.17, 15) is 0 Å². The largest absolute Gasteiger partial charge is 0.399 e. The summed E-state index contributed by atoms with van der Waals surface area (Å²) in [6, 6.07) is 8.28. The predicted octanol–water partition coefficient (Wildman–Crippen LogP) is 5.05. The van der Waals surface area contributed by atoms with Gasteiger partial charge in [0.15, 0.2) is 0 Å². The molecular weight excluding hydrogens is 304 g/mol. The maximum absolute atomic E-state index is 5.83. The minimum atomic E-state index is 0.850. The maximum atomic E-state index is 5.83. The first-order valence-corrected chi connectivity index (χ1v) is 8.99. The van der Waals surface area contributed by atoms with Crippen LogP contribution in [0.4, 0.5) is 5.69 Å². The lowest BCUT2D eigenvalue weighted by atomic mass is 10.2. The number of nitrogens with zero attached hydrogens (tertiary/aromatic N) is 1. The first kappa shape index (κ1) is 13.7. The normalized spacial score (nSPS) is 10.8. The fourth-order valence-electron chi connectivity index (χ4n) is 1.79. The van der Waals surface area contributed by atoms with Crippen molar-refractivity contribution < 1.29 is 0 Å². The van der Waals surface area contributed by atoms with Gasteiger partial charge in [0.1, 0.15) is 5.01 Å². The summed E-state index contributed by atoms with van der Waals surface area (Å²) in [5, 5.41) is 7.47. The van der Waals surface area contributed by atoms with Crippen LogP contribution in [0.15, 0.2) is 45.3 Å². The zero-order chi connectivity index (χ0) is 13.9. The molecule has 20 heavy (non-hydrogen) atoms. The fourth-order valence-corrected chi connectivity index (χ4v) is 4.31. The second kappa shape index (κ2) is 5.99. The van der Waals surface area contributed by atoms with Crippen LogP contribution in [-0.2, 0) is 5.75 Å². The van der Waals surface area contributed by atoms with Crippen molar-refractivity contribution in [2.45, 2.75) is 17.6 Å². The van der Waals surface area contributed by atoms with E-state index < -0.39 is 0 Å². The quantitative estimate of drug-likeness (QED) is 0.540. The topological polar surface area (TPSA) is 38.9 Å². The second-order valence-corrected chi connectivity index (χ2v) is 7.15. The third kappa shape index (κ3) is 3.06. The molecule has 102 valence electrons. The molecule has 0 radical (unpaired) electrons. The molecule has 2 N–H and O–H groups in total. The molecule has 0 atom stereocenters. The Morgan fingerprint density at radius 1 is 1.25 bits per heavy atom. The van der Waals surface area contributed by atoms with Gasteiger partial charge in [-0.2, -0.15) is 11.3 Å². The van der Waals surface area contributed by atoms with Gasteiger partial charge in [0.25, 0.3) is 0 Å². The number of aryl methyl sites for hydroxylation is 1. The van der Waals surface area contributed by atoms with E-state index in [1.54, 1.807) is 34.4 Å². The zero-order valence-corrected chi connectivity index (χ0v) is 13.4. The van der Waals surface area contributed by atoms with E-state index in [0.717, 1.165) is 27.7 Å². The van der Waals surface area contributed by atoms with Crippen LogP contribution < -0.4 is 5.73 Å². The van der Waals surface area contributed by atoms with Crippen molar-refractivity contribution in [3.8, 4) is 10.6 Å². The lowest BCUT2D eigenvalue weighted by Crippen LogP contribution is -1.89. The van der Waals surface area contributed by atoms with Crippen LogP contribution >= 0.6 is 34.4 Å². The highest BCUT2D eigenvalue weighted by molar-refractivity contribution is 7.98. The molecule has 3 aromatic rings. The van der Waals surface area contributed by atoms with Crippen LogP contribution in [0.2, 0.25) is 0 Å². The zero-order valence-electron chi connectivity index (χ0n) is 11.0. The Morgan fingerprint density at radius 3 is 2.90 bits per heavy atom. The predicted molar refractivity (Wildman–Crippen MR) is 90.6 cm³/mol. The highest BCUT2D eigenvalue weighted by Gasteiger charge is 2.06. The molecule has 1 aromatic carbocycles. The number of nitrogen functional groups attached to an aromatic ring is 1. The minimum Gasteiger partial charge on any atom is -0.399 e. The molecule has 0 aliphatic heterocycles. The van der Waals surface area contributed by atoms with Crippen LogP contribution in [0.1, 0.15) is 11.3 Å². The van der Waals surface area contributed by atoms with Crippen molar-refractivity contribution in [1.29, 1.82) is 0 Å². The standard InChI is InChI=1S/C15H14N2S3/c1-10-6-13(2-3-14(10)16)19-8-12-9-20-15(17-12)11-4-5-18-7-11/h2-7,9H,8,16H2,1H3. The lowest BCUT2D eigenvalue weighted by molar-refractivity contribution is 1.23. The third-order valence-electron chi connectivity index (χ3n) is 2.95. The Labute approximate surface area is 130 Å². The molecule has 0 fully saturated rings. The number of thiazole rings is 1. The van der Waals surface area contributed by atoms with Crippen LogP contribution in [0.3, 0.4) is 0 Å². The van der Waals surface area contributed by atoms with E-state index in [0.29, 0.717) is 0 Å². The van der Waals surface area contributed by atoms with Gasteiger partial charge in [-0.1, -0.05) is 0 Å². The maximum Gasteiger partial charge on any atom is 0.124 e. The number of nitrogens with two attached hydrogens (primary N) is 1. The van der Waals surface area contributed by atoms with Crippen LogP contribution in [0.5, 0.6) is 0 Å². The molecule has 0 bridgehead atoms. The molecule has 2 nitrogen and oxygen atoms in total. The molecule has 2 aromatic heterocycles. The van der Waals surface area contributed by atoms with Gasteiger partial charge in [0, 0.05) is 32.7 Å². The molecule has 2 heterocycles. The number of aromatic nitrogens is 1. The molecule has 0 amide bonds. The van der Waals surface area contributed by atoms with Gasteiger partial charge in [-0.25, -0.2) is 4.98 Å². The molecule has 0 saturated heterocycles. The van der Waals surface area contributed by atoms with E-state index in [4.69, 9.17) is 5.73 Å². The average molecular weight is 318 g/mol. The first-order chi connectivity index (χ1) is 9.72.